The predicted molar refractivity (Wildman–Crippen MR) is 247 cm³/mol. The number of amides is 1. The van der Waals surface area contributed by atoms with Crippen LogP contribution in [0, 0.1) is 21.4 Å². The quantitative estimate of drug-likeness (QED) is 0.0653. The van der Waals surface area contributed by atoms with Crippen LogP contribution in [0.4, 0.5) is 17.2 Å². The summed E-state index contributed by atoms with van der Waals surface area (Å²) in [5.41, 5.74) is 3.20. The summed E-state index contributed by atoms with van der Waals surface area (Å²) < 4.78 is 41.9. The molecular formula is C48H58N8O8S. The van der Waals surface area contributed by atoms with Crippen LogP contribution in [0.15, 0.2) is 84.1 Å². The average molecular weight is 907 g/mol. The molecule has 3 aromatic heterocycles. The van der Waals surface area contributed by atoms with E-state index in [-0.39, 0.29) is 34.5 Å². The van der Waals surface area contributed by atoms with Crippen molar-refractivity contribution < 1.29 is 32.7 Å². The van der Waals surface area contributed by atoms with Gasteiger partial charge in [-0.05, 0) is 111 Å². The van der Waals surface area contributed by atoms with Crippen LogP contribution in [0.3, 0.4) is 0 Å². The lowest BCUT2D eigenvalue weighted by molar-refractivity contribution is -0.384. The molecule has 4 fully saturated rings. The van der Waals surface area contributed by atoms with Gasteiger partial charge < -0.3 is 29.8 Å². The number of rotatable bonds is 13. The van der Waals surface area contributed by atoms with Crippen molar-refractivity contribution in [3.8, 4) is 11.5 Å². The van der Waals surface area contributed by atoms with Gasteiger partial charge >= 0.3 is 5.69 Å². The summed E-state index contributed by atoms with van der Waals surface area (Å²) in [6.45, 7) is 10.7. The minimum Gasteiger partial charge on any atom is -0.455 e. The fourth-order valence-corrected chi connectivity index (χ4v) is 11.3. The van der Waals surface area contributed by atoms with Crippen molar-refractivity contribution in [2.75, 3.05) is 49.6 Å². The van der Waals surface area contributed by atoms with Crippen molar-refractivity contribution in [2.45, 2.75) is 101 Å². The van der Waals surface area contributed by atoms with Crippen LogP contribution >= 0.6 is 0 Å². The molecule has 0 unspecified atom stereocenters. The van der Waals surface area contributed by atoms with Gasteiger partial charge in [0.2, 0.25) is 5.82 Å². The molecule has 2 saturated carbocycles. The second-order valence-electron chi connectivity index (χ2n) is 19.1. The minimum absolute atomic E-state index is 0.0480. The maximum Gasteiger partial charge on any atom is 0.312 e. The van der Waals surface area contributed by atoms with E-state index < -0.39 is 37.0 Å². The Morgan fingerprint density at radius 3 is 2.55 bits per heavy atom. The molecule has 4 N–H and O–H groups in total. The molecule has 0 bridgehead atoms. The number of nitro groups is 1. The van der Waals surface area contributed by atoms with Crippen LogP contribution in [0.2, 0.25) is 0 Å². The lowest BCUT2D eigenvalue weighted by Crippen LogP contribution is -2.58. The zero-order chi connectivity index (χ0) is 45.5. The number of aromatic amines is 1. The fourth-order valence-electron chi connectivity index (χ4n) is 10.4. The zero-order valence-electron chi connectivity index (χ0n) is 37.2. The largest absolute Gasteiger partial charge is 0.455 e. The standard InChI is InChI=1S/C48H58N8O8S/c1-31(2)38-6-4-5-7-39(38)42-30-63-21-20-55(42)35-25-48(26-35)15-18-54(19-16-48)34-8-9-40(43(23-34)64-36-22-33-12-17-49-44(33)51-28-36)46(57)53-65(61,62)37-24-41(56(59)60)45(52-29-37)50-27-32-10-13-47(3,58)14-11-32/h4-9,12,17,22-24,28-29,31-32,35,42,58H,10-11,13-16,18-21,25-27,30H2,1-3H3,(H,49,51)(H,50,52)(H,53,57)/t32-,42-,47-/m0/s1. The lowest BCUT2D eigenvalue weighted by atomic mass is 9.59. The molecule has 16 nitrogen and oxygen atoms in total. The number of hydrogen-bond acceptors (Lipinski definition) is 13. The fraction of sp³-hybridized carbons (Fsp3) is 0.479. The lowest BCUT2D eigenvalue weighted by Gasteiger charge is -2.57. The summed E-state index contributed by atoms with van der Waals surface area (Å²) in [5.74, 6) is 0.0227. The molecule has 1 atom stereocenters. The second-order valence-corrected chi connectivity index (χ2v) is 20.8. The normalized spacial score (nSPS) is 22.8. The Hall–Kier alpha value is -5.62. The number of sulfonamides is 1. The molecule has 17 heteroatoms. The number of benzene rings is 2. The number of anilines is 2. The van der Waals surface area contributed by atoms with E-state index in [0.29, 0.717) is 49.3 Å². The first-order chi connectivity index (χ1) is 31.2. The molecule has 5 aromatic rings. The molecule has 5 heterocycles. The van der Waals surface area contributed by atoms with Gasteiger partial charge in [0.1, 0.15) is 22.0 Å². The molecular weight excluding hydrogens is 849 g/mol. The molecule has 9 rings (SSSR count). The Kier molecular flexibility index (Phi) is 12.3. The average Bonchev–Trinajstić information content (AvgIpc) is 3.76. The number of morpholine rings is 1. The van der Waals surface area contributed by atoms with E-state index in [4.69, 9.17) is 9.47 Å². The van der Waals surface area contributed by atoms with Crippen molar-refractivity contribution >= 4 is 44.2 Å². The summed E-state index contributed by atoms with van der Waals surface area (Å²) in [6.07, 6.45) is 11.3. The van der Waals surface area contributed by atoms with E-state index in [9.17, 15) is 28.4 Å². The van der Waals surface area contributed by atoms with Crippen LogP contribution in [-0.2, 0) is 14.8 Å². The SMILES string of the molecule is CC(C)c1ccccc1[C@@H]1COCCN1C1CC2(CCN(c3ccc(C(=O)NS(=O)(=O)c4cnc(NC[C@H]5CC[C@](C)(O)CC5)c([N+](=O)[O-])c4)c(Oc4cnc5[nH]ccc5c4)c3)CC2)C1. The molecule has 2 saturated heterocycles. The van der Waals surface area contributed by atoms with Crippen molar-refractivity contribution in [3.05, 3.63) is 106 Å². The molecule has 2 aliphatic carbocycles. The molecule has 344 valence electrons. The Morgan fingerprint density at radius 2 is 1.80 bits per heavy atom. The first-order valence-electron chi connectivity index (χ1n) is 22.8. The maximum absolute atomic E-state index is 14.0. The number of piperidine rings is 1. The van der Waals surface area contributed by atoms with Gasteiger partial charge in [-0.25, -0.2) is 23.1 Å². The van der Waals surface area contributed by atoms with Gasteiger partial charge in [-0.1, -0.05) is 38.1 Å². The minimum atomic E-state index is -4.63. The Balaban J connectivity index is 0.898. The summed E-state index contributed by atoms with van der Waals surface area (Å²) >= 11 is 0. The smallest absolute Gasteiger partial charge is 0.312 e. The number of ether oxygens (including phenoxy) is 2. The molecule has 4 aliphatic rings. The monoisotopic (exact) mass is 906 g/mol. The number of nitrogens with zero attached hydrogens (tertiary/aromatic N) is 5. The maximum atomic E-state index is 14.0. The zero-order valence-corrected chi connectivity index (χ0v) is 38.0. The van der Waals surface area contributed by atoms with E-state index >= 15 is 0 Å². The third-order valence-corrected chi connectivity index (χ3v) is 15.6. The van der Waals surface area contributed by atoms with E-state index in [2.05, 4.69) is 72.9 Å². The van der Waals surface area contributed by atoms with Gasteiger partial charge in [0, 0.05) is 61.6 Å². The van der Waals surface area contributed by atoms with E-state index in [1.165, 1.54) is 17.3 Å². The summed E-state index contributed by atoms with van der Waals surface area (Å²) in [5, 5.41) is 26.2. The van der Waals surface area contributed by atoms with Crippen molar-refractivity contribution in [3.63, 3.8) is 0 Å². The third kappa shape index (κ3) is 9.55. The number of fused-ring (bicyclic) bond motifs is 1. The number of hydrogen-bond donors (Lipinski definition) is 4. The third-order valence-electron chi connectivity index (χ3n) is 14.3. The van der Waals surface area contributed by atoms with Crippen LogP contribution in [-0.4, -0.2) is 95.2 Å². The van der Waals surface area contributed by atoms with Crippen molar-refractivity contribution in [1.29, 1.82) is 0 Å². The van der Waals surface area contributed by atoms with Gasteiger partial charge in [0.15, 0.2) is 0 Å². The van der Waals surface area contributed by atoms with E-state index in [1.54, 1.807) is 37.4 Å². The number of pyridine rings is 2. The van der Waals surface area contributed by atoms with Gasteiger partial charge in [0.05, 0.1) is 47.7 Å². The van der Waals surface area contributed by atoms with E-state index in [1.807, 2.05) is 6.07 Å². The van der Waals surface area contributed by atoms with Gasteiger partial charge in [-0.2, -0.15) is 0 Å². The van der Waals surface area contributed by atoms with Gasteiger partial charge in [-0.3, -0.25) is 19.8 Å². The number of H-pyrrole nitrogens is 1. The van der Waals surface area contributed by atoms with Crippen LogP contribution < -0.4 is 19.7 Å². The first kappa shape index (κ1) is 44.6. The molecule has 1 amide bonds. The molecule has 65 heavy (non-hydrogen) atoms. The number of aliphatic hydroxyl groups is 1. The van der Waals surface area contributed by atoms with Crippen molar-refractivity contribution in [1.82, 2.24) is 24.6 Å². The van der Waals surface area contributed by atoms with Gasteiger partial charge in [-0.15, -0.1) is 0 Å². The Bertz CT molecular complexity index is 2660. The molecule has 1 spiro atoms. The highest BCUT2D eigenvalue weighted by atomic mass is 32.2. The van der Waals surface area contributed by atoms with Crippen LogP contribution in [0.1, 0.15) is 106 Å². The molecule has 2 aromatic carbocycles. The van der Waals surface area contributed by atoms with Crippen LogP contribution in [0.25, 0.3) is 11.0 Å². The highest BCUT2D eigenvalue weighted by Crippen LogP contribution is 2.53. The number of nitrogens with one attached hydrogen (secondary N) is 3. The topological polar surface area (TPSA) is 205 Å². The molecule has 0 radical (unpaired) electrons. The second kappa shape index (κ2) is 18.0. The Morgan fingerprint density at radius 1 is 1.03 bits per heavy atom. The molecule has 2 aliphatic heterocycles. The number of aromatic nitrogens is 3. The first-order valence-corrected chi connectivity index (χ1v) is 24.2. The highest BCUT2D eigenvalue weighted by Gasteiger charge is 2.50. The van der Waals surface area contributed by atoms with E-state index in [0.717, 1.165) is 88.1 Å². The van der Waals surface area contributed by atoms with Crippen molar-refractivity contribution in [2.24, 2.45) is 11.3 Å². The van der Waals surface area contributed by atoms with Gasteiger partial charge in [0.25, 0.3) is 15.9 Å². The summed E-state index contributed by atoms with van der Waals surface area (Å²) in [6, 6.07) is 19.2. The summed E-state index contributed by atoms with van der Waals surface area (Å²) in [7, 11) is -4.63. The Labute approximate surface area is 379 Å². The highest BCUT2D eigenvalue weighted by molar-refractivity contribution is 7.90. The number of carbonyl (C=O) groups excluding carboxylic acids is 1. The van der Waals surface area contributed by atoms with Crippen LogP contribution in [0.5, 0.6) is 11.5 Å². The summed E-state index contributed by atoms with van der Waals surface area (Å²) in [4.78, 5) is 41.4. The number of carbonyl (C=O) groups is 1. The predicted octanol–water partition coefficient (Wildman–Crippen LogP) is 8.08.